The minimum absolute atomic E-state index is 0.0854. The molecule has 0 saturated carbocycles. The van der Waals surface area contributed by atoms with Gasteiger partial charge in [0.1, 0.15) is 0 Å². The molecule has 0 spiro atoms. The molecule has 2 atom stereocenters. The van der Waals surface area contributed by atoms with Crippen molar-refractivity contribution in [2.75, 3.05) is 55.6 Å². The van der Waals surface area contributed by atoms with E-state index in [0.717, 1.165) is 52.3 Å². The Balaban J connectivity index is 1.20. The average molecular weight is 669 g/mol. The number of hydrogen-bond donors (Lipinski definition) is 0. The lowest BCUT2D eigenvalue weighted by Gasteiger charge is -2.32. The van der Waals surface area contributed by atoms with E-state index in [1.54, 1.807) is 52.0 Å². The van der Waals surface area contributed by atoms with Crippen LogP contribution in [0.15, 0.2) is 94.9 Å². The Bertz CT molecular complexity index is 1640. The highest BCUT2D eigenvalue weighted by atomic mass is 32.2. The van der Waals surface area contributed by atoms with Gasteiger partial charge >= 0.3 is 0 Å². The first-order valence-electron chi connectivity index (χ1n) is 15.5. The Morgan fingerprint density at radius 3 is 1.28 bits per heavy atom. The number of thioether (sulfide) groups is 2. The van der Waals surface area contributed by atoms with Crippen LogP contribution in [0.3, 0.4) is 0 Å². The second-order valence-corrected chi connectivity index (χ2v) is 13.5. The van der Waals surface area contributed by atoms with E-state index in [1.165, 1.54) is 11.1 Å². The summed E-state index contributed by atoms with van der Waals surface area (Å²) in [7, 11) is 10.9. The van der Waals surface area contributed by atoms with Crippen molar-refractivity contribution in [1.82, 2.24) is 9.80 Å². The standard InChI is InChI=1S/C37H40N4O4S2/c1-40(36-38-28-22-32(44-5)30(42-3)20-26(28)34(46-36)24-14-9-7-10-15-24)18-13-19-41(2)37-39-29-23-33(45-6)31(43-4)21-27(29)35(47-37)25-16-11-8-12-17-25/h7-12,14-17,20-23,34-35H,13,18-19H2,1-6H3. The van der Waals surface area contributed by atoms with Gasteiger partial charge in [-0.25, -0.2) is 9.98 Å². The number of nitrogens with zero attached hydrogens (tertiary/aromatic N) is 4. The third kappa shape index (κ3) is 6.89. The van der Waals surface area contributed by atoms with E-state index in [-0.39, 0.29) is 10.5 Å². The largest absolute Gasteiger partial charge is 0.493 e. The summed E-state index contributed by atoms with van der Waals surface area (Å²) in [4.78, 5) is 14.7. The second kappa shape index (κ2) is 14.6. The molecule has 2 aliphatic rings. The zero-order chi connectivity index (χ0) is 32.9. The molecule has 0 amide bonds. The van der Waals surface area contributed by atoms with Crippen LogP contribution in [0.25, 0.3) is 0 Å². The maximum Gasteiger partial charge on any atom is 0.165 e. The summed E-state index contributed by atoms with van der Waals surface area (Å²) >= 11 is 3.54. The topological polar surface area (TPSA) is 68.1 Å². The Labute approximate surface area is 285 Å². The van der Waals surface area contributed by atoms with Crippen molar-refractivity contribution < 1.29 is 18.9 Å². The van der Waals surface area contributed by atoms with Crippen molar-refractivity contribution in [1.29, 1.82) is 0 Å². The van der Waals surface area contributed by atoms with Gasteiger partial charge in [-0.05, 0) is 40.8 Å². The molecule has 6 rings (SSSR count). The second-order valence-electron chi connectivity index (χ2n) is 11.3. The zero-order valence-corrected chi connectivity index (χ0v) is 29.2. The van der Waals surface area contributed by atoms with E-state index < -0.39 is 0 Å². The SMILES string of the molecule is COc1cc2c(cc1OC)C(c1ccccc1)SC(N(C)CCCN(C)C1=Nc3cc(OC)c(OC)cc3C(c3ccccc3)S1)=N2. The third-order valence-corrected chi connectivity index (χ3v) is 11.1. The van der Waals surface area contributed by atoms with Crippen LogP contribution in [-0.4, -0.2) is 75.8 Å². The highest BCUT2D eigenvalue weighted by Crippen LogP contribution is 2.50. The van der Waals surface area contributed by atoms with Crippen LogP contribution in [0.5, 0.6) is 23.0 Å². The highest BCUT2D eigenvalue weighted by molar-refractivity contribution is 8.14. The Kier molecular flexibility index (Phi) is 10.2. The maximum atomic E-state index is 5.64. The van der Waals surface area contributed by atoms with Crippen molar-refractivity contribution >= 4 is 45.2 Å². The summed E-state index contributed by atoms with van der Waals surface area (Å²) in [6.45, 7) is 1.67. The van der Waals surface area contributed by atoms with Gasteiger partial charge in [-0.3, -0.25) is 0 Å². The lowest BCUT2D eigenvalue weighted by molar-refractivity contribution is 0.354. The zero-order valence-electron chi connectivity index (χ0n) is 27.6. The van der Waals surface area contributed by atoms with Crippen LogP contribution < -0.4 is 18.9 Å². The molecule has 2 unspecified atom stereocenters. The summed E-state index contributed by atoms with van der Waals surface area (Å²) in [6, 6.07) is 29.2. The summed E-state index contributed by atoms with van der Waals surface area (Å²) in [5.74, 6) is 2.77. The minimum Gasteiger partial charge on any atom is -0.493 e. The number of benzene rings is 4. The molecule has 0 aliphatic carbocycles. The molecular weight excluding hydrogens is 629 g/mol. The van der Waals surface area contributed by atoms with Gasteiger partial charge in [0.25, 0.3) is 0 Å². The van der Waals surface area contributed by atoms with Gasteiger partial charge in [-0.1, -0.05) is 84.2 Å². The average Bonchev–Trinajstić information content (AvgIpc) is 3.13. The Morgan fingerprint density at radius 1 is 0.553 bits per heavy atom. The molecule has 0 aromatic heterocycles. The predicted molar refractivity (Wildman–Crippen MR) is 195 cm³/mol. The third-order valence-electron chi connectivity index (χ3n) is 8.35. The van der Waals surface area contributed by atoms with Crippen LogP contribution in [0, 0.1) is 0 Å². The molecule has 47 heavy (non-hydrogen) atoms. The molecular formula is C37H40N4O4S2. The minimum atomic E-state index is 0.0854. The number of hydrogen-bond acceptors (Lipinski definition) is 10. The molecule has 4 aromatic rings. The van der Waals surface area contributed by atoms with Crippen LogP contribution >= 0.6 is 23.5 Å². The normalized spacial score (nSPS) is 16.6. The molecule has 4 aromatic carbocycles. The van der Waals surface area contributed by atoms with Crippen LogP contribution in [-0.2, 0) is 0 Å². The molecule has 0 saturated heterocycles. The number of methoxy groups -OCH3 is 4. The van der Waals surface area contributed by atoms with Gasteiger partial charge in [0.05, 0.1) is 50.3 Å². The van der Waals surface area contributed by atoms with E-state index in [2.05, 4.69) is 84.6 Å². The van der Waals surface area contributed by atoms with Gasteiger partial charge in [0, 0.05) is 39.3 Å². The molecule has 0 radical (unpaired) electrons. The number of fused-ring (bicyclic) bond motifs is 2. The summed E-state index contributed by atoms with van der Waals surface area (Å²) < 4.78 is 22.5. The molecule has 0 bridgehead atoms. The van der Waals surface area contributed by atoms with E-state index in [4.69, 9.17) is 28.9 Å². The van der Waals surface area contributed by atoms with Gasteiger partial charge in [0.2, 0.25) is 0 Å². The van der Waals surface area contributed by atoms with Crippen molar-refractivity contribution in [2.45, 2.75) is 16.9 Å². The lowest BCUT2D eigenvalue weighted by atomic mass is 10.0. The van der Waals surface area contributed by atoms with Crippen LogP contribution in [0.1, 0.15) is 39.2 Å². The van der Waals surface area contributed by atoms with Crippen molar-refractivity contribution in [3.63, 3.8) is 0 Å². The van der Waals surface area contributed by atoms with Crippen LogP contribution in [0.2, 0.25) is 0 Å². The van der Waals surface area contributed by atoms with Crippen molar-refractivity contribution in [3.8, 4) is 23.0 Å². The summed E-state index contributed by atoms with van der Waals surface area (Å²) in [5, 5.41) is 2.12. The first-order valence-corrected chi connectivity index (χ1v) is 17.2. The first-order chi connectivity index (χ1) is 22.9. The van der Waals surface area contributed by atoms with Gasteiger partial charge < -0.3 is 28.7 Å². The van der Waals surface area contributed by atoms with Crippen molar-refractivity contribution in [3.05, 3.63) is 107 Å². The smallest absolute Gasteiger partial charge is 0.165 e. The molecule has 0 N–H and O–H groups in total. The number of amidine groups is 2. The fourth-order valence-electron chi connectivity index (χ4n) is 5.82. The van der Waals surface area contributed by atoms with Gasteiger partial charge in [0.15, 0.2) is 33.3 Å². The summed E-state index contributed by atoms with van der Waals surface area (Å²) in [6.07, 6.45) is 0.926. The molecule has 0 fully saturated rings. The number of ether oxygens (including phenoxy) is 4. The Morgan fingerprint density at radius 2 is 0.915 bits per heavy atom. The van der Waals surface area contributed by atoms with Gasteiger partial charge in [-0.15, -0.1) is 0 Å². The lowest BCUT2D eigenvalue weighted by Crippen LogP contribution is -2.32. The molecule has 2 heterocycles. The molecule has 244 valence electrons. The van der Waals surface area contributed by atoms with Crippen LogP contribution in [0.4, 0.5) is 11.4 Å². The van der Waals surface area contributed by atoms with E-state index in [0.29, 0.717) is 23.0 Å². The van der Waals surface area contributed by atoms with E-state index in [9.17, 15) is 0 Å². The Hall–Kier alpha value is -4.28. The number of aliphatic imine (C=N–C) groups is 2. The fraction of sp³-hybridized carbons (Fsp3) is 0.297. The number of rotatable bonds is 10. The molecule has 2 aliphatic heterocycles. The van der Waals surface area contributed by atoms with Gasteiger partial charge in [-0.2, -0.15) is 0 Å². The van der Waals surface area contributed by atoms with E-state index >= 15 is 0 Å². The quantitative estimate of drug-likeness (QED) is 0.167. The highest BCUT2D eigenvalue weighted by Gasteiger charge is 2.30. The molecule has 8 nitrogen and oxygen atoms in total. The first kappa shape index (κ1) is 32.7. The monoisotopic (exact) mass is 668 g/mol. The maximum absolute atomic E-state index is 5.64. The summed E-state index contributed by atoms with van der Waals surface area (Å²) in [5.41, 5.74) is 6.48. The fourth-order valence-corrected chi connectivity index (χ4v) is 8.30. The van der Waals surface area contributed by atoms with Crippen molar-refractivity contribution in [2.24, 2.45) is 9.98 Å². The predicted octanol–water partition coefficient (Wildman–Crippen LogP) is 8.32. The molecule has 10 heteroatoms. The van der Waals surface area contributed by atoms with E-state index in [1.807, 2.05) is 24.3 Å².